The topological polar surface area (TPSA) is 61.4 Å². The highest BCUT2D eigenvalue weighted by molar-refractivity contribution is 6.30. The maximum absolute atomic E-state index is 12.2. The zero-order chi connectivity index (χ0) is 18.1. The van der Waals surface area contributed by atoms with Crippen LogP contribution in [-0.2, 0) is 4.79 Å². The van der Waals surface area contributed by atoms with Crippen molar-refractivity contribution < 1.29 is 9.59 Å². The van der Waals surface area contributed by atoms with E-state index in [0.29, 0.717) is 18.0 Å². The Morgan fingerprint density at radius 1 is 1.12 bits per heavy atom. The third-order valence-corrected chi connectivity index (χ3v) is 4.82. The van der Waals surface area contributed by atoms with E-state index in [1.54, 1.807) is 0 Å². The Morgan fingerprint density at radius 2 is 1.76 bits per heavy atom. The Morgan fingerprint density at radius 3 is 2.36 bits per heavy atom. The van der Waals surface area contributed by atoms with Crippen LogP contribution in [0.2, 0.25) is 5.02 Å². The summed E-state index contributed by atoms with van der Waals surface area (Å²) in [4.78, 5) is 26.2. The van der Waals surface area contributed by atoms with Gasteiger partial charge in [0.1, 0.15) is 0 Å². The average Bonchev–Trinajstić information content (AvgIpc) is 2.90. The van der Waals surface area contributed by atoms with Crippen LogP contribution < -0.4 is 10.6 Å². The number of nitrogens with one attached hydrogen (secondary N) is 2. The first-order valence-electron chi connectivity index (χ1n) is 9.17. The second kappa shape index (κ2) is 10.3. The number of benzene rings is 1. The molecule has 0 saturated carbocycles. The summed E-state index contributed by atoms with van der Waals surface area (Å²) < 4.78 is 0. The molecule has 0 spiro atoms. The van der Waals surface area contributed by atoms with Crippen LogP contribution in [0.5, 0.6) is 0 Å². The van der Waals surface area contributed by atoms with Crippen molar-refractivity contribution in [2.75, 3.05) is 19.6 Å². The molecule has 1 heterocycles. The molecule has 6 heteroatoms. The number of hydrogen-bond donors (Lipinski definition) is 2. The van der Waals surface area contributed by atoms with E-state index in [-0.39, 0.29) is 18.0 Å². The van der Waals surface area contributed by atoms with Crippen LogP contribution in [0.15, 0.2) is 24.3 Å². The molecule has 0 aromatic heterocycles. The summed E-state index contributed by atoms with van der Waals surface area (Å²) in [5.74, 6) is 0.131. The molecule has 5 nitrogen and oxygen atoms in total. The lowest BCUT2D eigenvalue weighted by Gasteiger charge is -2.21. The van der Waals surface area contributed by atoms with Gasteiger partial charge in [-0.25, -0.2) is 4.79 Å². The predicted octanol–water partition coefficient (Wildman–Crippen LogP) is 3.88. The summed E-state index contributed by atoms with van der Waals surface area (Å²) >= 11 is 5.90. The highest BCUT2D eigenvalue weighted by Gasteiger charge is 2.16. The molecule has 1 aliphatic heterocycles. The Kier molecular flexibility index (Phi) is 8.06. The monoisotopic (exact) mass is 365 g/mol. The minimum atomic E-state index is -0.245. The number of likely N-dealkylation sites (tertiary alicyclic amines) is 1. The summed E-state index contributed by atoms with van der Waals surface area (Å²) in [5, 5.41) is 6.41. The third-order valence-electron chi connectivity index (χ3n) is 4.57. The molecule has 1 aromatic carbocycles. The SMILES string of the molecule is CCC(NC(=O)NCCC(=O)N1CCCCCC1)c1ccc(Cl)cc1. The lowest BCUT2D eigenvalue weighted by atomic mass is 10.1. The Balaban J connectivity index is 1.73. The molecule has 2 rings (SSSR count). The van der Waals surface area contributed by atoms with Crippen LogP contribution in [-0.4, -0.2) is 36.5 Å². The number of amides is 3. The molecule has 1 saturated heterocycles. The van der Waals surface area contributed by atoms with Crippen LogP contribution in [0.3, 0.4) is 0 Å². The van der Waals surface area contributed by atoms with E-state index in [0.717, 1.165) is 37.9 Å². The van der Waals surface area contributed by atoms with E-state index < -0.39 is 0 Å². The zero-order valence-corrected chi connectivity index (χ0v) is 15.6. The highest BCUT2D eigenvalue weighted by Crippen LogP contribution is 2.19. The minimum Gasteiger partial charge on any atom is -0.343 e. The molecule has 138 valence electrons. The van der Waals surface area contributed by atoms with E-state index in [9.17, 15) is 9.59 Å². The number of nitrogens with zero attached hydrogens (tertiary/aromatic N) is 1. The fraction of sp³-hybridized carbons (Fsp3) is 0.579. The summed E-state index contributed by atoms with van der Waals surface area (Å²) in [6.45, 7) is 4.07. The van der Waals surface area contributed by atoms with Gasteiger partial charge < -0.3 is 15.5 Å². The average molecular weight is 366 g/mol. The van der Waals surface area contributed by atoms with Crippen LogP contribution in [0.1, 0.15) is 57.1 Å². The van der Waals surface area contributed by atoms with Crippen molar-refractivity contribution in [1.29, 1.82) is 0 Å². The normalized spacial score (nSPS) is 16.0. The van der Waals surface area contributed by atoms with E-state index in [4.69, 9.17) is 11.6 Å². The largest absolute Gasteiger partial charge is 0.343 e. The first kappa shape index (κ1) is 19.6. The van der Waals surface area contributed by atoms with Gasteiger partial charge in [0.25, 0.3) is 0 Å². The molecule has 1 fully saturated rings. The Hall–Kier alpha value is -1.75. The van der Waals surface area contributed by atoms with Gasteiger partial charge in [0.2, 0.25) is 5.91 Å². The molecular weight excluding hydrogens is 338 g/mol. The molecular formula is C19H28ClN3O2. The number of urea groups is 1. The van der Waals surface area contributed by atoms with Crippen LogP contribution in [0.25, 0.3) is 0 Å². The fourth-order valence-electron chi connectivity index (χ4n) is 3.09. The van der Waals surface area contributed by atoms with E-state index in [1.807, 2.05) is 36.1 Å². The number of rotatable bonds is 6. The van der Waals surface area contributed by atoms with Gasteiger partial charge in [0, 0.05) is 31.1 Å². The lowest BCUT2D eigenvalue weighted by molar-refractivity contribution is -0.131. The highest BCUT2D eigenvalue weighted by atomic mass is 35.5. The van der Waals surface area contributed by atoms with Gasteiger partial charge in [0.15, 0.2) is 0 Å². The first-order valence-corrected chi connectivity index (χ1v) is 9.55. The van der Waals surface area contributed by atoms with Gasteiger partial charge in [-0.3, -0.25) is 4.79 Å². The van der Waals surface area contributed by atoms with Crippen molar-refractivity contribution in [3.8, 4) is 0 Å². The van der Waals surface area contributed by atoms with Crippen molar-refractivity contribution in [3.05, 3.63) is 34.9 Å². The molecule has 1 unspecified atom stereocenters. The Labute approximate surface area is 155 Å². The molecule has 25 heavy (non-hydrogen) atoms. The summed E-state index contributed by atoms with van der Waals surface area (Å²) in [7, 11) is 0. The van der Waals surface area contributed by atoms with E-state index in [1.165, 1.54) is 12.8 Å². The molecule has 1 aromatic rings. The molecule has 1 atom stereocenters. The lowest BCUT2D eigenvalue weighted by Crippen LogP contribution is -2.40. The maximum Gasteiger partial charge on any atom is 0.315 e. The molecule has 0 radical (unpaired) electrons. The molecule has 1 aliphatic rings. The maximum atomic E-state index is 12.2. The van der Waals surface area contributed by atoms with Crippen LogP contribution in [0, 0.1) is 0 Å². The Bertz CT molecular complexity index is 554. The second-order valence-corrected chi connectivity index (χ2v) is 6.89. The van der Waals surface area contributed by atoms with Crippen molar-refractivity contribution in [2.24, 2.45) is 0 Å². The number of halogens is 1. The molecule has 2 N–H and O–H groups in total. The first-order chi connectivity index (χ1) is 12.1. The smallest absolute Gasteiger partial charge is 0.315 e. The van der Waals surface area contributed by atoms with Crippen LogP contribution in [0.4, 0.5) is 4.79 Å². The van der Waals surface area contributed by atoms with Crippen molar-refractivity contribution >= 4 is 23.5 Å². The van der Waals surface area contributed by atoms with Gasteiger partial charge in [0.05, 0.1) is 6.04 Å². The number of hydrogen-bond acceptors (Lipinski definition) is 2. The molecule has 3 amide bonds. The predicted molar refractivity (Wildman–Crippen MR) is 101 cm³/mol. The molecule has 0 bridgehead atoms. The summed E-state index contributed by atoms with van der Waals surface area (Å²) in [6.07, 6.45) is 5.70. The van der Waals surface area contributed by atoms with Gasteiger partial charge in [-0.2, -0.15) is 0 Å². The van der Waals surface area contributed by atoms with Gasteiger partial charge in [-0.15, -0.1) is 0 Å². The standard InChI is InChI=1S/C19H28ClN3O2/c1-2-17(15-7-9-16(20)10-8-15)22-19(25)21-12-11-18(24)23-13-5-3-4-6-14-23/h7-10,17H,2-6,11-14H2,1H3,(H2,21,22,25). The van der Waals surface area contributed by atoms with E-state index >= 15 is 0 Å². The number of carbonyl (C=O) groups is 2. The van der Waals surface area contributed by atoms with Crippen molar-refractivity contribution in [2.45, 2.75) is 51.5 Å². The quantitative estimate of drug-likeness (QED) is 0.803. The second-order valence-electron chi connectivity index (χ2n) is 6.46. The summed E-state index contributed by atoms with van der Waals surface area (Å²) in [6, 6.07) is 7.15. The van der Waals surface area contributed by atoms with Gasteiger partial charge >= 0.3 is 6.03 Å². The zero-order valence-electron chi connectivity index (χ0n) is 14.9. The number of carbonyl (C=O) groups excluding carboxylic acids is 2. The van der Waals surface area contributed by atoms with Gasteiger partial charge in [-0.05, 0) is 37.0 Å². The van der Waals surface area contributed by atoms with Crippen LogP contribution >= 0.6 is 11.6 Å². The molecule has 0 aliphatic carbocycles. The van der Waals surface area contributed by atoms with Crippen molar-refractivity contribution in [3.63, 3.8) is 0 Å². The van der Waals surface area contributed by atoms with Gasteiger partial charge in [-0.1, -0.05) is 43.5 Å². The minimum absolute atomic E-state index is 0.0708. The third kappa shape index (κ3) is 6.58. The fourth-order valence-corrected chi connectivity index (χ4v) is 3.21. The summed E-state index contributed by atoms with van der Waals surface area (Å²) in [5.41, 5.74) is 1.02. The van der Waals surface area contributed by atoms with E-state index in [2.05, 4.69) is 10.6 Å². The van der Waals surface area contributed by atoms with Crippen molar-refractivity contribution in [1.82, 2.24) is 15.5 Å².